The summed E-state index contributed by atoms with van der Waals surface area (Å²) >= 11 is 12.9. The van der Waals surface area contributed by atoms with Crippen molar-refractivity contribution in [2.45, 2.75) is 70.3 Å². The van der Waals surface area contributed by atoms with Gasteiger partial charge in [-0.05, 0) is 42.5 Å². The fourth-order valence-electron chi connectivity index (χ4n) is 5.38. The Kier molecular flexibility index (Phi) is 7.13. The highest BCUT2D eigenvalue weighted by atomic mass is 35.5. The number of carbonyl (C=O) groups is 1. The second kappa shape index (κ2) is 9.93. The number of amidine groups is 1. The second-order valence-corrected chi connectivity index (χ2v) is 11.8. The predicted octanol–water partition coefficient (Wildman–Crippen LogP) is 7.32. The molecule has 2 aromatic rings. The Morgan fingerprint density at radius 3 is 2.54 bits per heavy atom. The third-order valence-corrected chi connectivity index (χ3v) is 9.41. The van der Waals surface area contributed by atoms with Gasteiger partial charge < -0.3 is 15.1 Å². The first-order chi connectivity index (χ1) is 17.5. The van der Waals surface area contributed by atoms with Crippen molar-refractivity contribution in [3.63, 3.8) is 0 Å². The molecule has 1 saturated carbocycles. The summed E-state index contributed by atoms with van der Waals surface area (Å²) < 4.78 is 56.8. The van der Waals surface area contributed by atoms with Gasteiger partial charge in [-0.15, -0.1) is 11.3 Å². The Balaban J connectivity index is 1.28. The van der Waals surface area contributed by atoms with E-state index in [-0.39, 0.29) is 11.7 Å². The van der Waals surface area contributed by atoms with Gasteiger partial charge in [-0.3, -0.25) is 4.79 Å². The fraction of sp³-hybridized carbons (Fsp3) is 0.520. The van der Waals surface area contributed by atoms with Gasteiger partial charge in [0.1, 0.15) is 5.84 Å². The lowest BCUT2D eigenvalue weighted by molar-refractivity contribution is -0.275. The minimum absolute atomic E-state index is 0.107. The SMILES string of the molecule is Cc1c(C(=O)NCCC2CCCC2)sc2c1CN(C1=NOC(c3cc(Cl)c(F)c(Cl)c3)(C(F)(F)F)C1)C2. The molecule has 1 atom stereocenters. The number of hydrogen-bond donors (Lipinski definition) is 1. The van der Waals surface area contributed by atoms with Crippen molar-refractivity contribution in [3.05, 3.63) is 54.4 Å². The first-order valence-corrected chi connectivity index (χ1v) is 13.7. The van der Waals surface area contributed by atoms with Crippen LogP contribution in [0.15, 0.2) is 17.3 Å². The van der Waals surface area contributed by atoms with E-state index in [4.69, 9.17) is 28.0 Å². The molecule has 0 radical (unpaired) electrons. The first kappa shape index (κ1) is 26.6. The lowest BCUT2D eigenvalue weighted by atomic mass is 9.89. The smallest absolute Gasteiger partial charge is 0.372 e. The number of halogens is 6. The number of alkyl halides is 3. The van der Waals surface area contributed by atoms with Crippen molar-refractivity contribution < 1.29 is 27.2 Å². The number of carbonyl (C=O) groups excluding carboxylic acids is 1. The van der Waals surface area contributed by atoms with Gasteiger partial charge in [-0.25, -0.2) is 4.39 Å². The molecule has 5 nitrogen and oxygen atoms in total. The summed E-state index contributed by atoms with van der Waals surface area (Å²) in [6.45, 7) is 3.13. The number of amides is 1. The first-order valence-electron chi connectivity index (χ1n) is 12.1. The monoisotopic (exact) mass is 577 g/mol. The zero-order valence-corrected chi connectivity index (χ0v) is 22.3. The number of rotatable bonds is 5. The van der Waals surface area contributed by atoms with E-state index in [1.54, 1.807) is 4.90 Å². The molecule has 1 N–H and O–H groups in total. The maximum absolute atomic E-state index is 14.3. The molecule has 2 aliphatic heterocycles. The van der Waals surface area contributed by atoms with Crippen LogP contribution < -0.4 is 5.32 Å². The maximum Gasteiger partial charge on any atom is 0.435 e. The van der Waals surface area contributed by atoms with Crippen LogP contribution in [-0.2, 0) is 23.5 Å². The highest BCUT2D eigenvalue weighted by molar-refractivity contribution is 7.14. The summed E-state index contributed by atoms with van der Waals surface area (Å²) in [4.78, 5) is 21.1. The Bertz CT molecular complexity index is 1240. The van der Waals surface area contributed by atoms with Crippen LogP contribution in [0.1, 0.15) is 69.8 Å². The van der Waals surface area contributed by atoms with Crippen LogP contribution in [0, 0.1) is 18.7 Å². The molecular weight excluding hydrogens is 553 g/mol. The van der Waals surface area contributed by atoms with Crippen molar-refractivity contribution in [2.75, 3.05) is 6.54 Å². The normalized spacial score (nSPS) is 21.8. The third kappa shape index (κ3) is 4.81. The number of nitrogens with zero attached hydrogens (tertiary/aromatic N) is 2. The van der Waals surface area contributed by atoms with Crippen LogP contribution in [0.2, 0.25) is 10.0 Å². The average Bonchev–Trinajstić information content (AvgIpc) is 3.61. The van der Waals surface area contributed by atoms with Crippen molar-refractivity contribution >= 4 is 46.3 Å². The third-order valence-electron chi connectivity index (χ3n) is 7.54. The second-order valence-electron chi connectivity index (χ2n) is 9.86. The molecule has 12 heteroatoms. The molecule has 1 aromatic heterocycles. The van der Waals surface area contributed by atoms with E-state index in [1.165, 1.54) is 37.0 Å². The number of benzene rings is 1. The largest absolute Gasteiger partial charge is 0.435 e. The molecule has 3 heterocycles. The Hall–Kier alpha value is -2.04. The van der Waals surface area contributed by atoms with Crippen LogP contribution in [0.25, 0.3) is 0 Å². The van der Waals surface area contributed by atoms with Crippen molar-refractivity contribution in [3.8, 4) is 0 Å². The molecule has 1 aromatic carbocycles. The van der Waals surface area contributed by atoms with Gasteiger partial charge in [0.05, 0.1) is 27.9 Å². The van der Waals surface area contributed by atoms with Gasteiger partial charge in [0, 0.05) is 23.5 Å². The Morgan fingerprint density at radius 1 is 1.24 bits per heavy atom. The van der Waals surface area contributed by atoms with E-state index in [0.717, 1.165) is 34.6 Å². The van der Waals surface area contributed by atoms with Crippen LogP contribution in [-0.4, -0.2) is 29.4 Å². The van der Waals surface area contributed by atoms with E-state index in [1.807, 2.05) is 6.92 Å². The van der Waals surface area contributed by atoms with Crippen LogP contribution >= 0.6 is 34.5 Å². The minimum Gasteiger partial charge on any atom is -0.372 e. The highest BCUT2D eigenvalue weighted by Gasteiger charge is 2.63. The molecule has 1 aliphatic carbocycles. The van der Waals surface area contributed by atoms with E-state index in [0.29, 0.717) is 30.4 Å². The number of fused-ring (bicyclic) bond motifs is 1. The quantitative estimate of drug-likeness (QED) is 0.299. The molecule has 1 unspecified atom stereocenters. The van der Waals surface area contributed by atoms with E-state index in [9.17, 15) is 22.4 Å². The van der Waals surface area contributed by atoms with Gasteiger partial charge in [0.15, 0.2) is 5.82 Å². The maximum atomic E-state index is 14.3. The number of thiophene rings is 1. The Morgan fingerprint density at radius 2 is 1.92 bits per heavy atom. The number of oxime groups is 1. The summed E-state index contributed by atoms with van der Waals surface area (Å²) in [5.74, 6) is -0.312. The lowest BCUT2D eigenvalue weighted by Crippen LogP contribution is -2.44. The van der Waals surface area contributed by atoms with Crippen LogP contribution in [0.3, 0.4) is 0 Å². The molecule has 0 bridgehead atoms. The molecule has 1 amide bonds. The van der Waals surface area contributed by atoms with E-state index in [2.05, 4.69) is 10.5 Å². The van der Waals surface area contributed by atoms with E-state index >= 15 is 0 Å². The van der Waals surface area contributed by atoms with Gasteiger partial charge in [0.2, 0.25) is 0 Å². The summed E-state index contributed by atoms with van der Waals surface area (Å²) in [7, 11) is 0. The number of hydrogen-bond acceptors (Lipinski definition) is 5. The van der Waals surface area contributed by atoms with Gasteiger partial charge in [0.25, 0.3) is 11.5 Å². The molecule has 37 heavy (non-hydrogen) atoms. The van der Waals surface area contributed by atoms with Crippen LogP contribution in [0.4, 0.5) is 17.6 Å². The molecular formula is C25H25Cl2F4N3O2S. The lowest BCUT2D eigenvalue weighted by Gasteiger charge is -2.30. The van der Waals surface area contributed by atoms with Crippen molar-refractivity contribution in [1.82, 2.24) is 10.2 Å². The zero-order chi connectivity index (χ0) is 26.5. The van der Waals surface area contributed by atoms with Gasteiger partial charge in [-0.1, -0.05) is 54.0 Å². The molecule has 1 fully saturated rings. The average molecular weight is 578 g/mol. The molecule has 3 aliphatic rings. The topological polar surface area (TPSA) is 53.9 Å². The minimum atomic E-state index is -4.87. The van der Waals surface area contributed by atoms with E-state index < -0.39 is 39.6 Å². The van der Waals surface area contributed by atoms with Crippen LogP contribution in [0.5, 0.6) is 0 Å². The summed E-state index contributed by atoms with van der Waals surface area (Å²) in [5, 5.41) is 5.75. The molecule has 0 spiro atoms. The molecule has 5 rings (SSSR count). The summed E-state index contributed by atoms with van der Waals surface area (Å²) in [6.07, 6.45) is 0.472. The van der Waals surface area contributed by atoms with Gasteiger partial charge in [-0.2, -0.15) is 13.2 Å². The number of nitrogens with one attached hydrogen (secondary N) is 1. The zero-order valence-electron chi connectivity index (χ0n) is 20.0. The fourth-order valence-corrected chi connectivity index (χ4v) is 7.11. The Labute approximate surface area is 225 Å². The van der Waals surface area contributed by atoms with Crippen molar-refractivity contribution in [1.29, 1.82) is 0 Å². The summed E-state index contributed by atoms with van der Waals surface area (Å²) in [6, 6.07) is 1.74. The standard InChI is InChI=1S/C25H25Cl2F4N3O2S/c1-13-16-11-34(12-19(16)37-22(13)23(35)32-7-6-14-4-2-3-5-14)20-10-24(36-33-20,25(29,30)31)15-8-17(26)21(28)18(27)9-15/h8-9,14H,2-7,10-12H2,1H3,(H,32,35). The van der Waals surface area contributed by atoms with Crippen molar-refractivity contribution in [2.24, 2.45) is 11.1 Å². The summed E-state index contributed by atoms with van der Waals surface area (Å²) in [5.41, 5.74) is -1.50. The molecule has 200 valence electrons. The molecule has 0 saturated heterocycles. The predicted molar refractivity (Wildman–Crippen MR) is 135 cm³/mol. The highest BCUT2D eigenvalue weighted by Crippen LogP contribution is 2.50. The van der Waals surface area contributed by atoms with Gasteiger partial charge >= 0.3 is 6.18 Å².